The number of carbonyl (C=O) groups excluding carboxylic acids is 2. The zero-order valence-corrected chi connectivity index (χ0v) is 13.2. The van der Waals surface area contributed by atoms with Gasteiger partial charge in [-0.1, -0.05) is 13.8 Å². The van der Waals surface area contributed by atoms with Crippen LogP contribution < -0.4 is 5.32 Å². The van der Waals surface area contributed by atoms with Gasteiger partial charge in [-0.3, -0.25) is 9.59 Å². The summed E-state index contributed by atoms with van der Waals surface area (Å²) in [5.41, 5.74) is -0.0667. The smallest absolute Gasteiger partial charge is 0.226 e. The van der Waals surface area contributed by atoms with Crippen molar-refractivity contribution in [2.45, 2.75) is 33.6 Å². The molecule has 0 saturated carbocycles. The van der Waals surface area contributed by atoms with Crippen molar-refractivity contribution in [3.63, 3.8) is 0 Å². The zero-order valence-electron chi connectivity index (χ0n) is 13.2. The number of nitrogens with one attached hydrogen (secondary N) is 1. The first kappa shape index (κ1) is 18.1. The fourth-order valence-electron chi connectivity index (χ4n) is 1.88. The highest BCUT2D eigenvalue weighted by atomic mass is 19.1. The molecule has 0 saturated heterocycles. The third-order valence-electron chi connectivity index (χ3n) is 3.24. The van der Waals surface area contributed by atoms with Gasteiger partial charge in [-0.25, -0.2) is 8.78 Å². The highest BCUT2D eigenvalue weighted by Gasteiger charge is 2.13. The molecule has 0 aliphatic rings. The molecule has 6 heteroatoms. The average molecular weight is 312 g/mol. The fraction of sp³-hybridized carbons (Fsp3) is 0.500. The Morgan fingerprint density at radius 1 is 1.23 bits per heavy atom. The van der Waals surface area contributed by atoms with Crippen molar-refractivity contribution >= 4 is 17.5 Å². The second kappa shape index (κ2) is 8.46. The van der Waals surface area contributed by atoms with Crippen molar-refractivity contribution in [3.8, 4) is 0 Å². The lowest BCUT2D eigenvalue weighted by atomic mass is 10.1. The average Bonchev–Trinajstić information content (AvgIpc) is 2.41. The third-order valence-corrected chi connectivity index (χ3v) is 3.24. The molecule has 2 amide bonds. The summed E-state index contributed by atoms with van der Waals surface area (Å²) in [6, 6.07) is 2.95. The second-order valence-electron chi connectivity index (χ2n) is 5.61. The van der Waals surface area contributed by atoms with Gasteiger partial charge in [0.1, 0.15) is 11.6 Å². The first-order chi connectivity index (χ1) is 10.3. The van der Waals surface area contributed by atoms with Crippen molar-refractivity contribution in [2.24, 2.45) is 5.92 Å². The van der Waals surface area contributed by atoms with E-state index in [9.17, 15) is 18.4 Å². The molecule has 1 aromatic rings. The van der Waals surface area contributed by atoms with Gasteiger partial charge in [-0.2, -0.15) is 0 Å². The number of anilines is 1. The number of benzene rings is 1. The summed E-state index contributed by atoms with van der Waals surface area (Å²) in [4.78, 5) is 24.9. The predicted molar refractivity (Wildman–Crippen MR) is 81.3 cm³/mol. The minimum absolute atomic E-state index is 0.0640. The molecule has 0 radical (unpaired) electrons. The van der Waals surface area contributed by atoms with Crippen LogP contribution >= 0.6 is 0 Å². The van der Waals surface area contributed by atoms with Crippen molar-refractivity contribution in [2.75, 3.05) is 18.4 Å². The van der Waals surface area contributed by atoms with Crippen LogP contribution in [0, 0.1) is 17.6 Å². The molecule has 0 unspecified atom stereocenters. The van der Waals surface area contributed by atoms with Gasteiger partial charge in [0.25, 0.3) is 0 Å². The number of halogens is 2. The van der Waals surface area contributed by atoms with E-state index >= 15 is 0 Å². The maximum absolute atomic E-state index is 13.4. The summed E-state index contributed by atoms with van der Waals surface area (Å²) in [6.07, 6.45) is 0.919. The Hall–Kier alpha value is -1.98. The van der Waals surface area contributed by atoms with Crippen LogP contribution in [0.25, 0.3) is 0 Å². The van der Waals surface area contributed by atoms with Crippen LogP contribution in [0.1, 0.15) is 33.6 Å². The highest BCUT2D eigenvalue weighted by molar-refractivity contribution is 5.91. The van der Waals surface area contributed by atoms with Crippen LogP contribution in [-0.2, 0) is 9.59 Å². The Balaban J connectivity index is 2.51. The lowest BCUT2D eigenvalue weighted by Crippen LogP contribution is -2.33. The molecular formula is C16H22F2N2O2. The minimum atomic E-state index is -0.823. The largest absolute Gasteiger partial charge is 0.342 e. The van der Waals surface area contributed by atoms with E-state index in [4.69, 9.17) is 0 Å². The van der Waals surface area contributed by atoms with Gasteiger partial charge in [0.15, 0.2) is 0 Å². The van der Waals surface area contributed by atoms with E-state index in [-0.39, 0.29) is 24.6 Å². The van der Waals surface area contributed by atoms with Gasteiger partial charge in [0.05, 0.1) is 5.69 Å². The quantitative estimate of drug-likeness (QED) is 0.840. The van der Waals surface area contributed by atoms with E-state index in [1.165, 1.54) is 13.0 Å². The molecule has 0 fully saturated rings. The SMILES string of the molecule is CC(=O)N(CCC(=O)Nc1ccc(F)cc1F)CCC(C)C. The van der Waals surface area contributed by atoms with Crippen molar-refractivity contribution in [3.05, 3.63) is 29.8 Å². The van der Waals surface area contributed by atoms with Gasteiger partial charge in [-0.15, -0.1) is 0 Å². The van der Waals surface area contributed by atoms with E-state index in [0.29, 0.717) is 18.5 Å². The molecule has 22 heavy (non-hydrogen) atoms. The molecule has 0 bridgehead atoms. The number of nitrogens with zero attached hydrogens (tertiary/aromatic N) is 1. The molecule has 1 N–H and O–H groups in total. The van der Waals surface area contributed by atoms with Crippen molar-refractivity contribution < 1.29 is 18.4 Å². The van der Waals surface area contributed by atoms with E-state index in [0.717, 1.165) is 12.5 Å². The van der Waals surface area contributed by atoms with E-state index < -0.39 is 17.5 Å². The first-order valence-electron chi connectivity index (χ1n) is 7.30. The highest BCUT2D eigenvalue weighted by Crippen LogP contribution is 2.15. The normalized spacial score (nSPS) is 10.6. The summed E-state index contributed by atoms with van der Waals surface area (Å²) >= 11 is 0. The third kappa shape index (κ3) is 6.20. The number of hydrogen-bond donors (Lipinski definition) is 1. The molecule has 0 heterocycles. The lowest BCUT2D eigenvalue weighted by Gasteiger charge is -2.21. The number of carbonyl (C=O) groups is 2. The van der Waals surface area contributed by atoms with Gasteiger partial charge < -0.3 is 10.2 Å². The monoisotopic (exact) mass is 312 g/mol. The number of amides is 2. The molecule has 0 aliphatic carbocycles. The van der Waals surface area contributed by atoms with Crippen molar-refractivity contribution in [1.82, 2.24) is 4.90 Å². The number of hydrogen-bond acceptors (Lipinski definition) is 2. The van der Waals surface area contributed by atoms with Gasteiger partial charge >= 0.3 is 0 Å². The molecule has 122 valence electrons. The van der Waals surface area contributed by atoms with Crippen LogP contribution in [0.15, 0.2) is 18.2 Å². The van der Waals surface area contributed by atoms with Crippen LogP contribution in [0.5, 0.6) is 0 Å². The maximum atomic E-state index is 13.4. The Labute approximate surface area is 129 Å². The van der Waals surface area contributed by atoms with E-state index in [2.05, 4.69) is 19.2 Å². The molecule has 4 nitrogen and oxygen atoms in total. The zero-order chi connectivity index (χ0) is 16.7. The minimum Gasteiger partial charge on any atom is -0.342 e. The Bertz CT molecular complexity index is 533. The van der Waals surface area contributed by atoms with Gasteiger partial charge in [0, 0.05) is 32.5 Å². The standard InChI is InChI=1S/C16H22F2N2O2/c1-11(2)6-8-20(12(3)21)9-7-16(22)19-15-5-4-13(17)10-14(15)18/h4-5,10-11H,6-9H2,1-3H3,(H,19,22). The Kier molecular flexibility index (Phi) is 6.95. The summed E-state index contributed by atoms with van der Waals surface area (Å²) in [6.45, 7) is 6.43. The Morgan fingerprint density at radius 2 is 1.91 bits per heavy atom. The Morgan fingerprint density at radius 3 is 2.45 bits per heavy atom. The first-order valence-corrected chi connectivity index (χ1v) is 7.30. The summed E-state index contributed by atoms with van der Waals surface area (Å²) in [5, 5.41) is 2.38. The van der Waals surface area contributed by atoms with Gasteiger partial charge in [-0.05, 0) is 24.5 Å². The van der Waals surface area contributed by atoms with Crippen LogP contribution in [0.3, 0.4) is 0 Å². The molecular weight excluding hydrogens is 290 g/mol. The predicted octanol–water partition coefficient (Wildman–Crippen LogP) is 3.19. The summed E-state index contributed by atoms with van der Waals surface area (Å²) in [5.74, 6) is -1.57. The topological polar surface area (TPSA) is 49.4 Å². The van der Waals surface area contributed by atoms with Crippen LogP contribution in [0.4, 0.5) is 14.5 Å². The molecule has 0 spiro atoms. The molecule has 0 aromatic heterocycles. The molecule has 0 aliphatic heterocycles. The van der Waals surface area contributed by atoms with Gasteiger partial charge in [0.2, 0.25) is 11.8 Å². The molecule has 1 rings (SSSR count). The molecule has 0 atom stereocenters. The number of rotatable bonds is 7. The lowest BCUT2D eigenvalue weighted by molar-refractivity contribution is -0.129. The second-order valence-corrected chi connectivity index (χ2v) is 5.61. The summed E-state index contributed by atoms with van der Waals surface area (Å²) in [7, 11) is 0. The summed E-state index contributed by atoms with van der Waals surface area (Å²) < 4.78 is 26.2. The maximum Gasteiger partial charge on any atom is 0.226 e. The van der Waals surface area contributed by atoms with E-state index in [1.807, 2.05) is 0 Å². The van der Waals surface area contributed by atoms with Crippen molar-refractivity contribution in [1.29, 1.82) is 0 Å². The molecule has 1 aromatic carbocycles. The fourth-order valence-corrected chi connectivity index (χ4v) is 1.88. The van der Waals surface area contributed by atoms with E-state index in [1.54, 1.807) is 4.90 Å². The van der Waals surface area contributed by atoms with Crippen LogP contribution in [-0.4, -0.2) is 29.8 Å². The van der Waals surface area contributed by atoms with Crippen LogP contribution in [0.2, 0.25) is 0 Å².